The first-order chi connectivity index (χ1) is 17.3. The van der Waals surface area contributed by atoms with Crippen LogP contribution in [0.15, 0.2) is 59.9 Å². The van der Waals surface area contributed by atoms with Crippen LogP contribution in [0.5, 0.6) is 0 Å². The molecular formula is C23H23BrN6O6. The van der Waals surface area contributed by atoms with E-state index >= 15 is 0 Å². The summed E-state index contributed by atoms with van der Waals surface area (Å²) in [5.74, 6) is 0. The number of fused-ring (bicyclic) bond motifs is 1. The van der Waals surface area contributed by atoms with Crippen molar-refractivity contribution in [3.8, 4) is 0 Å². The van der Waals surface area contributed by atoms with E-state index in [0.717, 1.165) is 9.86 Å². The number of aromatic amines is 1. The smallest absolute Gasteiger partial charge is 0.340 e. The van der Waals surface area contributed by atoms with E-state index in [1.807, 2.05) is 12.1 Å². The molecule has 0 spiro atoms. The minimum absolute atomic E-state index is 0.278. The second-order valence-corrected chi connectivity index (χ2v) is 9.54. The average molecular weight is 559 g/mol. The highest BCUT2D eigenvalue weighted by atomic mass is 79.9. The molecule has 36 heavy (non-hydrogen) atoms. The summed E-state index contributed by atoms with van der Waals surface area (Å²) in [4.78, 5) is 38.5. The lowest BCUT2D eigenvalue weighted by molar-refractivity contribution is -0.0323. The van der Waals surface area contributed by atoms with Crippen molar-refractivity contribution in [2.45, 2.75) is 44.8 Å². The van der Waals surface area contributed by atoms with Crippen molar-refractivity contribution in [1.82, 2.24) is 29.9 Å². The van der Waals surface area contributed by atoms with Crippen molar-refractivity contribution in [3.63, 3.8) is 0 Å². The van der Waals surface area contributed by atoms with Gasteiger partial charge in [0.2, 0.25) is 0 Å². The summed E-state index contributed by atoms with van der Waals surface area (Å²) in [5.41, 5.74) is 0.569. The SMILES string of the molecule is Cc1cn([C@@H]2C[C@@H](n3cc(CNCc4cc5cc(Br)ccc5oc4=O)nn3)[C@H](CO)O2)c(=O)[nH]c1=O. The maximum atomic E-state index is 12.3. The number of ether oxygens (including phenoxy) is 1. The Balaban J connectivity index is 1.26. The first kappa shape index (κ1) is 24.3. The first-order valence-corrected chi connectivity index (χ1v) is 12.0. The monoisotopic (exact) mass is 558 g/mol. The van der Waals surface area contributed by atoms with Crippen LogP contribution in [0.4, 0.5) is 0 Å². The molecule has 0 saturated carbocycles. The van der Waals surface area contributed by atoms with Gasteiger partial charge in [-0.3, -0.25) is 14.3 Å². The van der Waals surface area contributed by atoms with Crippen LogP contribution in [0.3, 0.4) is 0 Å². The fraction of sp³-hybridized carbons (Fsp3) is 0.348. The van der Waals surface area contributed by atoms with E-state index in [4.69, 9.17) is 9.15 Å². The summed E-state index contributed by atoms with van der Waals surface area (Å²) >= 11 is 3.42. The molecule has 1 aromatic carbocycles. The van der Waals surface area contributed by atoms with Gasteiger partial charge in [0.05, 0.1) is 30.1 Å². The molecule has 0 bridgehead atoms. The van der Waals surface area contributed by atoms with Gasteiger partial charge < -0.3 is 19.6 Å². The van der Waals surface area contributed by atoms with Crippen molar-refractivity contribution in [2.75, 3.05) is 6.61 Å². The van der Waals surface area contributed by atoms with Gasteiger partial charge in [-0.2, -0.15) is 0 Å². The van der Waals surface area contributed by atoms with E-state index in [1.54, 1.807) is 29.9 Å². The maximum absolute atomic E-state index is 12.3. The summed E-state index contributed by atoms with van der Waals surface area (Å²) < 4.78 is 15.1. The van der Waals surface area contributed by atoms with E-state index in [9.17, 15) is 19.5 Å². The van der Waals surface area contributed by atoms with Crippen LogP contribution in [-0.2, 0) is 17.8 Å². The number of benzene rings is 1. The zero-order chi connectivity index (χ0) is 25.4. The molecule has 13 heteroatoms. The van der Waals surface area contributed by atoms with E-state index in [1.165, 1.54) is 10.8 Å². The van der Waals surface area contributed by atoms with E-state index in [0.29, 0.717) is 35.4 Å². The van der Waals surface area contributed by atoms with E-state index in [2.05, 4.69) is 36.5 Å². The van der Waals surface area contributed by atoms with Crippen molar-refractivity contribution >= 4 is 26.9 Å². The standard InChI is InChI=1S/C23H23BrN6O6/c1-12-9-29(23(34)26-21(12)32)20-6-17(19(11-31)35-20)30-10-16(27-28-30)8-25-7-14-4-13-5-15(24)2-3-18(13)36-22(14)33/h2-5,9-10,17,19-20,25,31H,6-8,11H2,1H3,(H,26,32,34)/t17-,19+,20+/m1/s1. The molecule has 4 aromatic rings. The van der Waals surface area contributed by atoms with Crippen LogP contribution in [0.2, 0.25) is 0 Å². The van der Waals surface area contributed by atoms with Gasteiger partial charge in [-0.05, 0) is 31.2 Å². The Hall–Kier alpha value is -3.39. The topological polar surface area (TPSA) is 157 Å². The van der Waals surface area contributed by atoms with Gasteiger partial charge in [0.1, 0.15) is 17.9 Å². The minimum atomic E-state index is -0.673. The molecule has 4 heterocycles. The highest BCUT2D eigenvalue weighted by Crippen LogP contribution is 2.35. The third-order valence-corrected chi connectivity index (χ3v) is 6.62. The molecule has 1 aliphatic heterocycles. The number of rotatable bonds is 7. The highest BCUT2D eigenvalue weighted by Gasteiger charge is 2.38. The largest absolute Gasteiger partial charge is 0.422 e. The summed E-state index contributed by atoms with van der Waals surface area (Å²) in [6, 6.07) is 6.85. The number of nitrogens with zero attached hydrogens (tertiary/aromatic N) is 4. The molecule has 3 N–H and O–H groups in total. The van der Waals surface area contributed by atoms with Gasteiger partial charge in [0.25, 0.3) is 5.56 Å². The van der Waals surface area contributed by atoms with E-state index in [-0.39, 0.29) is 19.2 Å². The van der Waals surface area contributed by atoms with Crippen LogP contribution in [0.1, 0.15) is 35.5 Å². The Morgan fingerprint density at radius 1 is 1.22 bits per heavy atom. The third kappa shape index (κ3) is 4.82. The number of aliphatic hydroxyl groups is 1. The summed E-state index contributed by atoms with van der Waals surface area (Å²) in [7, 11) is 0. The van der Waals surface area contributed by atoms with Crippen LogP contribution in [-0.4, -0.2) is 42.4 Å². The fourth-order valence-corrected chi connectivity index (χ4v) is 4.65. The van der Waals surface area contributed by atoms with Crippen molar-refractivity contribution < 1.29 is 14.3 Å². The maximum Gasteiger partial charge on any atom is 0.340 e. The molecule has 3 atom stereocenters. The zero-order valence-corrected chi connectivity index (χ0v) is 20.8. The number of aromatic nitrogens is 5. The lowest BCUT2D eigenvalue weighted by Gasteiger charge is -2.15. The van der Waals surface area contributed by atoms with Crippen LogP contribution in [0.25, 0.3) is 11.0 Å². The van der Waals surface area contributed by atoms with Gasteiger partial charge in [-0.1, -0.05) is 21.1 Å². The third-order valence-electron chi connectivity index (χ3n) is 6.13. The second kappa shape index (κ2) is 9.93. The Kier molecular flexibility index (Phi) is 6.71. The lowest BCUT2D eigenvalue weighted by Crippen LogP contribution is -2.33. The molecule has 5 rings (SSSR count). The predicted molar refractivity (Wildman–Crippen MR) is 131 cm³/mol. The Labute approximate surface area is 211 Å². The van der Waals surface area contributed by atoms with Gasteiger partial charge in [-0.25, -0.2) is 14.3 Å². The van der Waals surface area contributed by atoms with Gasteiger partial charge in [0.15, 0.2) is 0 Å². The molecule has 1 saturated heterocycles. The quantitative estimate of drug-likeness (QED) is 0.282. The Bertz CT molecular complexity index is 1590. The number of H-pyrrole nitrogens is 1. The predicted octanol–water partition coefficient (Wildman–Crippen LogP) is 1.12. The van der Waals surface area contributed by atoms with Gasteiger partial charge in [-0.15, -0.1) is 5.10 Å². The molecule has 0 aliphatic carbocycles. The average Bonchev–Trinajstić information content (AvgIpc) is 3.49. The summed E-state index contributed by atoms with van der Waals surface area (Å²) in [6.45, 7) is 1.94. The van der Waals surface area contributed by atoms with Gasteiger partial charge >= 0.3 is 11.3 Å². The molecule has 3 aromatic heterocycles. The molecule has 188 valence electrons. The van der Waals surface area contributed by atoms with Gasteiger partial charge in [0, 0.05) is 41.1 Å². The Morgan fingerprint density at radius 2 is 2.06 bits per heavy atom. The number of hydrogen-bond donors (Lipinski definition) is 3. The van der Waals surface area contributed by atoms with Crippen LogP contribution in [0, 0.1) is 6.92 Å². The molecular weight excluding hydrogens is 536 g/mol. The minimum Gasteiger partial charge on any atom is -0.422 e. The fourth-order valence-electron chi connectivity index (χ4n) is 4.27. The normalized spacial score (nSPS) is 19.8. The molecule has 0 unspecified atom stereocenters. The molecule has 0 radical (unpaired) electrons. The first-order valence-electron chi connectivity index (χ1n) is 11.2. The molecule has 1 fully saturated rings. The number of aryl methyl sites for hydroxylation is 1. The number of aliphatic hydroxyl groups excluding tert-OH is 1. The van der Waals surface area contributed by atoms with Crippen molar-refractivity contribution in [2.24, 2.45) is 0 Å². The highest BCUT2D eigenvalue weighted by molar-refractivity contribution is 9.10. The zero-order valence-electron chi connectivity index (χ0n) is 19.2. The molecule has 12 nitrogen and oxygen atoms in total. The molecule has 1 aliphatic rings. The van der Waals surface area contributed by atoms with E-state index < -0.39 is 29.2 Å². The van der Waals surface area contributed by atoms with Crippen molar-refractivity contribution in [1.29, 1.82) is 0 Å². The number of halogens is 1. The van der Waals surface area contributed by atoms with Crippen molar-refractivity contribution in [3.05, 3.63) is 89.2 Å². The number of nitrogens with one attached hydrogen (secondary N) is 2. The number of hydrogen-bond acceptors (Lipinski definition) is 9. The molecule has 0 amide bonds. The second-order valence-electron chi connectivity index (χ2n) is 8.63. The summed E-state index contributed by atoms with van der Waals surface area (Å²) in [6.07, 6.45) is 2.24. The van der Waals surface area contributed by atoms with Crippen LogP contribution >= 0.6 is 15.9 Å². The Morgan fingerprint density at radius 3 is 2.86 bits per heavy atom. The lowest BCUT2D eigenvalue weighted by atomic mass is 10.1. The summed E-state index contributed by atoms with van der Waals surface area (Å²) in [5, 5.41) is 22.2. The van der Waals surface area contributed by atoms with Crippen LogP contribution < -0.4 is 22.2 Å².